The van der Waals surface area contributed by atoms with Crippen LogP contribution < -0.4 is 16.8 Å². The third-order valence-electron chi connectivity index (χ3n) is 3.76. The van der Waals surface area contributed by atoms with Gasteiger partial charge < -0.3 is 16.8 Å². The predicted molar refractivity (Wildman–Crippen MR) is 84.9 cm³/mol. The molecule has 0 unspecified atom stereocenters. The van der Waals surface area contributed by atoms with Crippen molar-refractivity contribution in [2.75, 3.05) is 11.9 Å². The van der Waals surface area contributed by atoms with Crippen molar-refractivity contribution in [2.24, 2.45) is 16.9 Å². The van der Waals surface area contributed by atoms with Crippen molar-refractivity contribution >= 4 is 17.5 Å². The van der Waals surface area contributed by atoms with Gasteiger partial charge in [0.25, 0.3) is 0 Å². The molecule has 5 nitrogen and oxygen atoms in total. The van der Waals surface area contributed by atoms with Gasteiger partial charge in [-0.05, 0) is 37.1 Å². The van der Waals surface area contributed by atoms with E-state index >= 15 is 0 Å². The van der Waals surface area contributed by atoms with Crippen molar-refractivity contribution in [1.82, 2.24) is 0 Å². The van der Waals surface area contributed by atoms with Crippen LogP contribution in [0.2, 0.25) is 0 Å². The number of hydrogen-bond donors (Lipinski definition) is 3. The van der Waals surface area contributed by atoms with E-state index < -0.39 is 11.3 Å². The summed E-state index contributed by atoms with van der Waals surface area (Å²) in [7, 11) is 0. The van der Waals surface area contributed by atoms with Gasteiger partial charge in [-0.15, -0.1) is 0 Å². The lowest BCUT2D eigenvalue weighted by Crippen LogP contribution is -2.42. The summed E-state index contributed by atoms with van der Waals surface area (Å²) in [6.07, 6.45) is 3.35. The highest BCUT2D eigenvalue weighted by Gasteiger charge is 2.35. The summed E-state index contributed by atoms with van der Waals surface area (Å²) >= 11 is 0. The Morgan fingerprint density at radius 2 is 1.62 bits per heavy atom. The first-order valence-electron chi connectivity index (χ1n) is 7.40. The lowest BCUT2D eigenvalue weighted by atomic mass is 9.78. The van der Waals surface area contributed by atoms with Crippen LogP contribution in [-0.4, -0.2) is 18.4 Å². The van der Waals surface area contributed by atoms with Gasteiger partial charge in [0, 0.05) is 17.8 Å². The van der Waals surface area contributed by atoms with Gasteiger partial charge in [-0.3, -0.25) is 9.59 Å². The summed E-state index contributed by atoms with van der Waals surface area (Å²) in [5.41, 5.74) is 11.6. The number of benzene rings is 1. The fourth-order valence-electron chi connectivity index (χ4n) is 2.59. The molecule has 0 fully saturated rings. The van der Waals surface area contributed by atoms with Crippen LogP contribution in [0.3, 0.4) is 0 Å². The molecule has 0 saturated carbocycles. The molecular weight excluding hydrogens is 266 g/mol. The molecule has 0 aromatic heterocycles. The Hall–Kier alpha value is -1.88. The number of hydrogen-bond acceptors (Lipinski definition) is 3. The molecule has 0 bridgehead atoms. The molecule has 1 rings (SSSR count). The minimum absolute atomic E-state index is 0.0551. The van der Waals surface area contributed by atoms with Gasteiger partial charge >= 0.3 is 0 Å². The van der Waals surface area contributed by atoms with E-state index in [1.807, 2.05) is 0 Å². The maximum Gasteiger partial charge on any atom is 0.248 e. The largest absolute Gasteiger partial charge is 0.366 e. The third kappa shape index (κ3) is 4.29. The number of nitrogens with two attached hydrogens (primary N) is 2. The molecular formula is C16H25N3O2. The van der Waals surface area contributed by atoms with Gasteiger partial charge in [0.15, 0.2) is 0 Å². The molecule has 116 valence electrons. The van der Waals surface area contributed by atoms with Crippen LogP contribution in [0.1, 0.15) is 49.9 Å². The molecule has 0 spiro atoms. The molecule has 0 radical (unpaired) electrons. The molecule has 0 aliphatic rings. The summed E-state index contributed by atoms with van der Waals surface area (Å²) in [4.78, 5) is 23.6. The zero-order valence-corrected chi connectivity index (χ0v) is 12.8. The fraction of sp³-hybridized carbons (Fsp3) is 0.500. The van der Waals surface area contributed by atoms with Crippen molar-refractivity contribution in [1.29, 1.82) is 0 Å². The molecule has 5 heteroatoms. The fourth-order valence-corrected chi connectivity index (χ4v) is 2.59. The Labute approximate surface area is 126 Å². The Bertz CT molecular complexity index is 477. The van der Waals surface area contributed by atoms with Crippen molar-refractivity contribution < 1.29 is 9.59 Å². The molecule has 5 N–H and O–H groups in total. The van der Waals surface area contributed by atoms with E-state index in [1.165, 1.54) is 0 Å². The third-order valence-corrected chi connectivity index (χ3v) is 3.76. The van der Waals surface area contributed by atoms with Crippen LogP contribution in [0.25, 0.3) is 0 Å². The Morgan fingerprint density at radius 3 is 2.00 bits per heavy atom. The Kier molecular flexibility index (Phi) is 6.37. The zero-order chi connectivity index (χ0) is 15.9. The second kappa shape index (κ2) is 7.78. The molecule has 1 aromatic rings. The van der Waals surface area contributed by atoms with E-state index in [-0.39, 0.29) is 5.91 Å². The molecule has 1 aromatic carbocycles. The summed E-state index contributed by atoms with van der Waals surface area (Å²) < 4.78 is 0. The average molecular weight is 291 g/mol. The number of rotatable bonds is 8. The highest BCUT2D eigenvalue weighted by atomic mass is 16.2. The van der Waals surface area contributed by atoms with Crippen LogP contribution >= 0.6 is 0 Å². The first-order valence-corrected chi connectivity index (χ1v) is 7.40. The van der Waals surface area contributed by atoms with Gasteiger partial charge in [0.1, 0.15) is 0 Å². The highest BCUT2D eigenvalue weighted by Crippen LogP contribution is 2.30. The number of primary amides is 1. The number of carbonyl (C=O) groups is 2. The molecule has 0 heterocycles. The Morgan fingerprint density at radius 1 is 1.10 bits per heavy atom. The highest BCUT2D eigenvalue weighted by molar-refractivity contribution is 5.97. The normalized spacial score (nSPS) is 11.2. The van der Waals surface area contributed by atoms with E-state index in [1.54, 1.807) is 24.3 Å². The molecule has 0 aliphatic heterocycles. The van der Waals surface area contributed by atoms with Crippen molar-refractivity contribution in [2.45, 2.75) is 39.5 Å². The zero-order valence-electron chi connectivity index (χ0n) is 12.8. The molecule has 2 amide bonds. The van der Waals surface area contributed by atoms with E-state index in [0.717, 1.165) is 25.7 Å². The van der Waals surface area contributed by atoms with Crippen LogP contribution in [-0.2, 0) is 4.79 Å². The second-order valence-corrected chi connectivity index (χ2v) is 5.38. The van der Waals surface area contributed by atoms with Gasteiger partial charge in [-0.25, -0.2) is 0 Å². The Balaban J connectivity index is 2.87. The first-order chi connectivity index (χ1) is 9.99. The van der Waals surface area contributed by atoms with E-state index in [0.29, 0.717) is 17.8 Å². The van der Waals surface area contributed by atoms with E-state index in [4.69, 9.17) is 11.5 Å². The summed E-state index contributed by atoms with van der Waals surface area (Å²) in [5, 5.41) is 2.90. The minimum atomic E-state index is -0.522. The maximum atomic E-state index is 12.6. The average Bonchev–Trinajstić information content (AvgIpc) is 2.47. The van der Waals surface area contributed by atoms with Gasteiger partial charge in [0.2, 0.25) is 11.8 Å². The standard InChI is InChI=1S/C16H25N3O2/c1-3-9-16(11-17,10-4-2)15(21)19-13-7-5-12(6-8-13)14(18)20/h5-8H,3-4,9-11,17H2,1-2H3,(H2,18,20)(H,19,21). The number of nitrogens with one attached hydrogen (secondary N) is 1. The SMILES string of the molecule is CCCC(CN)(CCC)C(=O)Nc1ccc(C(N)=O)cc1. The lowest BCUT2D eigenvalue weighted by Gasteiger charge is -2.30. The molecule has 0 aliphatic carbocycles. The van der Waals surface area contributed by atoms with Gasteiger partial charge in [-0.2, -0.15) is 0 Å². The maximum absolute atomic E-state index is 12.6. The lowest BCUT2D eigenvalue weighted by molar-refractivity contribution is -0.126. The quantitative estimate of drug-likeness (QED) is 0.685. The smallest absolute Gasteiger partial charge is 0.248 e. The van der Waals surface area contributed by atoms with Crippen LogP contribution in [0, 0.1) is 5.41 Å². The summed E-state index contributed by atoms with van der Waals surface area (Å²) in [6, 6.07) is 6.55. The van der Waals surface area contributed by atoms with Crippen molar-refractivity contribution in [3.63, 3.8) is 0 Å². The minimum Gasteiger partial charge on any atom is -0.366 e. The number of amides is 2. The number of anilines is 1. The van der Waals surface area contributed by atoms with Crippen LogP contribution in [0.15, 0.2) is 24.3 Å². The van der Waals surface area contributed by atoms with E-state index in [9.17, 15) is 9.59 Å². The monoisotopic (exact) mass is 291 g/mol. The van der Waals surface area contributed by atoms with E-state index in [2.05, 4.69) is 19.2 Å². The van der Waals surface area contributed by atoms with Crippen molar-refractivity contribution in [3.8, 4) is 0 Å². The van der Waals surface area contributed by atoms with Gasteiger partial charge in [-0.1, -0.05) is 26.7 Å². The molecule has 0 saturated heterocycles. The van der Waals surface area contributed by atoms with Crippen molar-refractivity contribution in [3.05, 3.63) is 29.8 Å². The first kappa shape index (κ1) is 17.2. The molecule has 0 atom stereocenters. The summed E-state index contributed by atoms with van der Waals surface area (Å²) in [5.74, 6) is -0.540. The predicted octanol–water partition coefficient (Wildman–Crippen LogP) is 2.27. The second-order valence-electron chi connectivity index (χ2n) is 5.38. The topological polar surface area (TPSA) is 98.2 Å². The van der Waals surface area contributed by atoms with Gasteiger partial charge in [0.05, 0.1) is 5.41 Å². The van der Waals surface area contributed by atoms with Crippen LogP contribution in [0.4, 0.5) is 5.69 Å². The summed E-state index contributed by atoms with van der Waals surface area (Å²) in [6.45, 7) is 4.43. The number of carbonyl (C=O) groups excluding carboxylic acids is 2. The van der Waals surface area contributed by atoms with Crippen LogP contribution in [0.5, 0.6) is 0 Å². The molecule has 21 heavy (non-hydrogen) atoms.